The van der Waals surface area contributed by atoms with Crippen molar-refractivity contribution in [2.75, 3.05) is 26.4 Å². The summed E-state index contributed by atoms with van der Waals surface area (Å²) in [6.45, 7) is 5.82. The minimum atomic E-state index is 0. The van der Waals surface area contributed by atoms with Crippen LogP contribution >= 0.6 is 35.7 Å². The number of nitrogens with zero attached hydrogens (tertiary/aromatic N) is 1. The summed E-state index contributed by atoms with van der Waals surface area (Å²) in [6.07, 6.45) is 8.65. The van der Waals surface area contributed by atoms with Gasteiger partial charge in [-0.2, -0.15) is 11.8 Å². The molecule has 0 unspecified atom stereocenters. The second kappa shape index (κ2) is 12.2. The van der Waals surface area contributed by atoms with E-state index in [2.05, 4.69) is 41.0 Å². The average Bonchev–Trinajstić information content (AvgIpc) is 2.51. The third-order valence-corrected chi connectivity index (χ3v) is 5.32. The molecule has 0 radical (unpaired) electrons. The second-order valence-corrected chi connectivity index (χ2v) is 7.98. The minimum Gasteiger partial charge on any atom is -0.356 e. The van der Waals surface area contributed by atoms with Crippen molar-refractivity contribution >= 4 is 47.6 Å². The van der Waals surface area contributed by atoms with E-state index in [0.29, 0.717) is 19.0 Å². The average molecular weight is 456 g/mol. The highest BCUT2D eigenvalue weighted by Gasteiger charge is 2.17. The summed E-state index contributed by atoms with van der Waals surface area (Å²) in [5.41, 5.74) is 0. The van der Waals surface area contributed by atoms with Crippen molar-refractivity contribution in [2.45, 2.75) is 63.2 Å². The summed E-state index contributed by atoms with van der Waals surface area (Å²) in [4.78, 5) is 16.1. The van der Waals surface area contributed by atoms with Crippen molar-refractivity contribution in [1.82, 2.24) is 16.0 Å². The zero-order valence-corrected chi connectivity index (χ0v) is 18.1. The van der Waals surface area contributed by atoms with Gasteiger partial charge in [0.25, 0.3) is 0 Å². The number of carbonyl (C=O) groups excluding carboxylic acids is 1. The Morgan fingerprint density at radius 1 is 1.22 bits per heavy atom. The lowest BCUT2D eigenvalue weighted by Gasteiger charge is -2.24. The number of nitrogens with one attached hydrogen (secondary N) is 3. The molecule has 1 aliphatic rings. The van der Waals surface area contributed by atoms with Crippen molar-refractivity contribution in [3.63, 3.8) is 0 Å². The molecule has 0 bridgehead atoms. The van der Waals surface area contributed by atoms with Crippen LogP contribution in [0.3, 0.4) is 0 Å². The van der Waals surface area contributed by atoms with Gasteiger partial charge in [0, 0.05) is 37.3 Å². The fraction of sp³-hybridized carbons (Fsp3) is 0.875. The van der Waals surface area contributed by atoms with Crippen molar-refractivity contribution < 1.29 is 4.79 Å². The summed E-state index contributed by atoms with van der Waals surface area (Å²) in [7, 11) is 1.75. The molecule has 0 aromatic carbocycles. The highest BCUT2D eigenvalue weighted by Crippen LogP contribution is 2.19. The number of guanidine groups is 1. The zero-order chi connectivity index (χ0) is 16.4. The maximum atomic E-state index is 11.9. The molecule has 3 N–H and O–H groups in total. The number of rotatable bonds is 7. The minimum absolute atomic E-state index is 0. The van der Waals surface area contributed by atoms with E-state index in [4.69, 9.17) is 0 Å². The second-order valence-electron chi connectivity index (χ2n) is 6.47. The molecule has 136 valence electrons. The predicted octanol–water partition coefficient (Wildman–Crippen LogP) is 2.75. The van der Waals surface area contributed by atoms with Crippen LogP contribution in [0.5, 0.6) is 0 Å². The number of hydrogen-bond donors (Lipinski definition) is 3. The van der Waals surface area contributed by atoms with Crippen molar-refractivity contribution in [2.24, 2.45) is 4.99 Å². The van der Waals surface area contributed by atoms with Gasteiger partial charge < -0.3 is 16.0 Å². The van der Waals surface area contributed by atoms with E-state index in [1.165, 1.54) is 19.3 Å². The number of halogens is 1. The van der Waals surface area contributed by atoms with Crippen LogP contribution in [0.15, 0.2) is 4.99 Å². The number of thioether (sulfide) groups is 1. The molecule has 0 aliphatic heterocycles. The molecule has 0 aromatic rings. The fourth-order valence-electron chi connectivity index (χ4n) is 2.43. The molecule has 1 aliphatic carbocycles. The van der Waals surface area contributed by atoms with Crippen LogP contribution < -0.4 is 16.0 Å². The van der Waals surface area contributed by atoms with Crippen LogP contribution in [0.4, 0.5) is 0 Å². The first-order chi connectivity index (χ1) is 10.5. The summed E-state index contributed by atoms with van der Waals surface area (Å²) in [6, 6.07) is 0.390. The quantitative estimate of drug-likeness (QED) is 0.313. The first kappa shape index (κ1) is 22.8. The van der Waals surface area contributed by atoms with Crippen molar-refractivity contribution in [1.29, 1.82) is 0 Å². The van der Waals surface area contributed by atoms with Crippen LogP contribution in [0.25, 0.3) is 0 Å². The molecule has 1 fully saturated rings. The Bertz CT molecular complexity index is 371. The maximum absolute atomic E-state index is 11.9. The zero-order valence-electron chi connectivity index (χ0n) is 14.9. The molecule has 0 saturated heterocycles. The van der Waals surface area contributed by atoms with Gasteiger partial charge in [-0.25, -0.2) is 0 Å². The summed E-state index contributed by atoms with van der Waals surface area (Å²) >= 11 is 1.82. The van der Waals surface area contributed by atoms with Gasteiger partial charge >= 0.3 is 0 Å². The van der Waals surface area contributed by atoms with Gasteiger partial charge in [0.2, 0.25) is 5.91 Å². The third-order valence-electron chi connectivity index (χ3n) is 4.07. The Morgan fingerprint density at radius 3 is 2.43 bits per heavy atom. The van der Waals surface area contributed by atoms with Gasteiger partial charge in [-0.3, -0.25) is 9.79 Å². The topological polar surface area (TPSA) is 65.5 Å². The van der Waals surface area contributed by atoms with Gasteiger partial charge in [0.15, 0.2) is 5.96 Å². The van der Waals surface area contributed by atoms with E-state index in [0.717, 1.165) is 25.3 Å². The smallest absolute Gasteiger partial charge is 0.221 e. The normalized spacial score (nSPS) is 16.4. The lowest BCUT2D eigenvalue weighted by atomic mass is 9.95. The number of carbonyl (C=O) groups is 1. The molecule has 23 heavy (non-hydrogen) atoms. The van der Waals surface area contributed by atoms with Crippen LogP contribution in [-0.2, 0) is 4.79 Å². The van der Waals surface area contributed by atoms with Gasteiger partial charge in [0.1, 0.15) is 0 Å². The van der Waals surface area contributed by atoms with Gasteiger partial charge in [-0.1, -0.05) is 19.3 Å². The van der Waals surface area contributed by atoms with E-state index in [1.54, 1.807) is 7.05 Å². The summed E-state index contributed by atoms with van der Waals surface area (Å²) in [5, 5.41) is 9.64. The molecular weight excluding hydrogens is 423 g/mol. The fourth-order valence-corrected chi connectivity index (χ4v) is 2.65. The van der Waals surface area contributed by atoms with E-state index < -0.39 is 0 Å². The van der Waals surface area contributed by atoms with Gasteiger partial charge in [-0.05, 0) is 32.9 Å². The Morgan fingerprint density at radius 2 is 1.87 bits per heavy atom. The largest absolute Gasteiger partial charge is 0.356 e. The van der Waals surface area contributed by atoms with Crippen molar-refractivity contribution in [3.8, 4) is 0 Å². The SMILES string of the molecule is CN=C(NCCC(=O)NC1CCCCC1)NCC(C)(C)SC.I. The molecular formula is C16H33IN4OS. The first-order valence-corrected chi connectivity index (χ1v) is 9.48. The summed E-state index contributed by atoms with van der Waals surface area (Å²) in [5.74, 6) is 0.895. The number of amides is 1. The molecule has 0 aromatic heterocycles. The summed E-state index contributed by atoms with van der Waals surface area (Å²) < 4.78 is 0.163. The number of aliphatic imine (C=N–C) groups is 1. The Balaban J connectivity index is 0.00000484. The number of hydrogen-bond acceptors (Lipinski definition) is 3. The molecule has 0 spiro atoms. The Hall–Kier alpha value is -0.180. The van der Waals surface area contributed by atoms with E-state index in [1.807, 2.05) is 11.8 Å². The van der Waals surface area contributed by atoms with E-state index in [-0.39, 0.29) is 34.6 Å². The lowest BCUT2D eigenvalue weighted by molar-refractivity contribution is -0.121. The third kappa shape index (κ3) is 10.3. The molecule has 1 rings (SSSR count). The molecule has 5 nitrogen and oxygen atoms in total. The monoisotopic (exact) mass is 456 g/mol. The maximum Gasteiger partial charge on any atom is 0.221 e. The van der Waals surface area contributed by atoms with Crippen LogP contribution in [-0.4, -0.2) is 49.0 Å². The van der Waals surface area contributed by atoms with Gasteiger partial charge in [0.05, 0.1) is 0 Å². The van der Waals surface area contributed by atoms with Crippen LogP contribution in [0, 0.1) is 0 Å². The van der Waals surface area contributed by atoms with Crippen LogP contribution in [0.1, 0.15) is 52.4 Å². The Labute approximate surface area is 162 Å². The highest BCUT2D eigenvalue weighted by atomic mass is 127. The molecule has 0 atom stereocenters. The van der Waals surface area contributed by atoms with Crippen molar-refractivity contribution in [3.05, 3.63) is 0 Å². The Kier molecular flexibility index (Phi) is 12.1. The molecule has 1 amide bonds. The highest BCUT2D eigenvalue weighted by molar-refractivity contribution is 14.0. The standard InChI is InChI=1S/C16H32N4OS.HI/c1-16(2,22-4)12-19-15(17-3)18-11-10-14(21)20-13-8-6-5-7-9-13;/h13H,5-12H2,1-4H3,(H,20,21)(H2,17,18,19);1H. The van der Waals surface area contributed by atoms with E-state index in [9.17, 15) is 4.79 Å². The van der Waals surface area contributed by atoms with Crippen LogP contribution in [0.2, 0.25) is 0 Å². The van der Waals surface area contributed by atoms with Gasteiger partial charge in [-0.15, -0.1) is 24.0 Å². The molecule has 0 heterocycles. The lowest BCUT2D eigenvalue weighted by Crippen LogP contribution is -2.44. The first-order valence-electron chi connectivity index (χ1n) is 8.26. The molecule has 7 heteroatoms. The van der Waals surface area contributed by atoms with E-state index >= 15 is 0 Å². The predicted molar refractivity (Wildman–Crippen MR) is 112 cm³/mol. The molecule has 1 saturated carbocycles.